The lowest BCUT2D eigenvalue weighted by Crippen LogP contribution is -2.58. The van der Waals surface area contributed by atoms with Gasteiger partial charge >= 0.3 is 0 Å². The van der Waals surface area contributed by atoms with Gasteiger partial charge in [-0.05, 0) is 62.7 Å². The Bertz CT molecular complexity index is 459. The monoisotopic (exact) mass is 332 g/mol. The van der Waals surface area contributed by atoms with E-state index in [1.54, 1.807) is 0 Å². The molecule has 0 radical (unpaired) electrons. The molecule has 4 bridgehead atoms. The molecule has 1 N–H and O–H groups in total. The Morgan fingerprint density at radius 3 is 2.71 bits per heavy atom. The third-order valence-corrected chi connectivity index (χ3v) is 8.12. The van der Waals surface area contributed by atoms with E-state index < -0.39 is 0 Å². The molecule has 0 saturated heterocycles. The molecule has 4 aliphatic carbocycles. The van der Waals surface area contributed by atoms with Crippen LogP contribution in [0.1, 0.15) is 83.5 Å². The van der Waals surface area contributed by atoms with Gasteiger partial charge in [-0.25, -0.2) is 0 Å². The summed E-state index contributed by atoms with van der Waals surface area (Å²) in [6.07, 6.45) is 17.0. The number of fused-ring (bicyclic) bond motifs is 6. The molecule has 4 aliphatic rings. The first kappa shape index (κ1) is 16.9. The maximum absolute atomic E-state index is 12.9. The molecule has 24 heavy (non-hydrogen) atoms. The SMILES string of the molecule is CN(C(=O)CCNC1CCCCC1)C12CCCC(C1)C1CCC2C1. The van der Waals surface area contributed by atoms with Crippen molar-refractivity contribution in [2.45, 2.75) is 95.1 Å². The van der Waals surface area contributed by atoms with E-state index >= 15 is 0 Å². The van der Waals surface area contributed by atoms with Crippen molar-refractivity contribution in [1.29, 1.82) is 0 Å². The van der Waals surface area contributed by atoms with Crippen LogP contribution in [0.3, 0.4) is 0 Å². The molecule has 0 aromatic rings. The van der Waals surface area contributed by atoms with Gasteiger partial charge in [0.2, 0.25) is 5.91 Å². The standard InChI is InChI=1S/C21H36N2O/c1-23(20(24)11-13-22-19-7-3-2-4-8-19)21-12-5-6-17(15-21)16-9-10-18(21)14-16/h16-19,22H,2-15H2,1H3. The molecule has 4 unspecified atom stereocenters. The fourth-order valence-corrected chi connectivity index (χ4v) is 6.72. The Morgan fingerprint density at radius 2 is 1.88 bits per heavy atom. The summed E-state index contributed by atoms with van der Waals surface area (Å²) in [5.41, 5.74) is 0.220. The fraction of sp³-hybridized carbons (Fsp3) is 0.952. The summed E-state index contributed by atoms with van der Waals surface area (Å²) in [5.74, 6) is 3.08. The first-order valence-electron chi connectivity index (χ1n) is 10.7. The van der Waals surface area contributed by atoms with Gasteiger partial charge in [0, 0.05) is 31.6 Å². The number of carbonyl (C=O) groups excluding carboxylic acids is 1. The normalized spacial score (nSPS) is 39.0. The molecule has 0 heterocycles. The maximum atomic E-state index is 12.9. The molecular weight excluding hydrogens is 296 g/mol. The van der Waals surface area contributed by atoms with E-state index in [4.69, 9.17) is 0 Å². The number of carbonyl (C=O) groups is 1. The molecule has 0 aromatic carbocycles. The molecule has 0 aromatic heterocycles. The lowest BCUT2D eigenvalue weighted by Gasteiger charge is -2.54. The van der Waals surface area contributed by atoms with Crippen molar-refractivity contribution in [2.24, 2.45) is 17.8 Å². The van der Waals surface area contributed by atoms with Crippen LogP contribution >= 0.6 is 0 Å². The zero-order valence-electron chi connectivity index (χ0n) is 15.6. The largest absolute Gasteiger partial charge is 0.340 e. The minimum absolute atomic E-state index is 0.220. The van der Waals surface area contributed by atoms with Gasteiger partial charge in [0.25, 0.3) is 0 Å². The highest BCUT2D eigenvalue weighted by Crippen LogP contribution is 2.58. The quantitative estimate of drug-likeness (QED) is 0.821. The summed E-state index contributed by atoms with van der Waals surface area (Å²) in [7, 11) is 2.13. The Kier molecular flexibility index (Phi) is 4.90. The second-order valence-corrected chi connectivity index (χ2v) is 9.22. The Hall–Kier alpha value is -0.570. The number of amides is 1. The number of nitrogens with zero attached hydrogens (tertiary/aromatic N) is 1. The van der Waals surface area contributed by atoms with Gasteiger partial charge in [0.1, 0.15) is 0 Å². The first-order valence-corrected chi connectivity index (χ1v) is 10.7. The van der Waals surface area contributed by atoms with Crippen LogP contribution in [0.2, 0.25) is 0 Å². The first-order chi connectivity index (χ1) is 11.7. The lowest BCUT2D eigenvalue weighted by molar-refractivity contribution is -0.143. The summed E-state index contributed by atoms with van der Waals surface area (Å²) in [4.78, 5) is 15.2. The summed E-state index contributed by atoms with van der Waals surface area (Å²) in [5, 5.41) is 3.65. The van der Waals surface area contributed by atoms with E-state index in [1.165, 1.54) is 77.0 Å². The van der Waals surface area contributed by atoms with Crippen molar-refractivity contribution in [3.63, 3.8) is 0 Å². The Balaban J connectivity index is 1.33. The summed E-state index contributed by atoms with van der Waals surface area (Å²) < 4.78 is 0. The van der Waals surface area contributed by atoms with Crippen LogP contribution in [0.25, 0.3) is 0 Å². The van der Waals surface area contributed by atoms with Crippen LogP contribution < -0.4 is 5.32 Å². The van der Waals surface area contributed by atoms with Gasteiger partial charge in [-0.1, -0.05) is 32.1 Å². The smallest absolute Gasteiger partial charge is 0.224 e. The van der Waals surface area contributed by atoms with E-state index in [-0.39, 0.29) is 5.54 Å². The topological polar surface area (TPSA) is 32.3 Å². The summed E-state index contributed by atoms with van der Waals surface area (Å²) in [6.45, 7) is 0.876. The van der Waals surface area contributed by atoms with Gasteiger partial charge in [0.15, 0.2) is 0 Å². The van der Waals surface area contributed by atoms with Crippen LogP contribution in [0, 0.1) is 17.8 Å². The minimum Gasteiger partial charge on any atom is -0.340 e. The van der Waals surface area contributed by atoms with E-state index in [9.17, 15) is 4.79 Å². The van der Waals surface area contributed by atoms with Crippen molar-refractivity contribution in [3.05, 3.63) is 0 Å². The van der Waals surface area contributed by atoms with E-state index in [2.05, 4.69) is 17.3 Å². The number of rotatable bonds is 5. The van der Waals surface area contributed by atoms with E-state index in [0.717, 1.165) is 24.3 Å². The van der Waals surface area contributed by atoms with Crippen molar-refractivity contribution in [3.8, 4) is 0 Å². The van der Waals surface area contributed by atoms with Crippen molar-refractivity contribution in [1.82, 2.24) is 10.2 Å². The number of hydrogen-bond donors (Lipinski definition) is 1. The predicted octanol–water partition coefficient (Wildman–Crippen LogP) is 4.12. The molecule has 136 valence electrons. The average Bonchev–Trinajstić information content (AvgIpc) is 3.09. The Morgan fingerprint density at radius 1 is 1.04 bits per heavy atom. The zero-order chi connectivity index (χ0) is 16.6. The highest BCUT2D eigenvalue weighted by Gasteiger charge is 2.55. The molecule has 0 spiro atoms. The van der Waals surface area contributed by atoms with Gasteiger partial charge in [0.05, 0.1) is 0 Å². The fourth-order valence-electron chi connectivity index (χ4n) is 6.72. The van der Waals surface area contributed by atoms with Gasteiger partial charge < -0.3 is 10.2 Å². The zero-order valence-corrected chi connectivity index (χ0v) is 15.6. The lowest BCUT2D eigenvalue weighted by atomic mass is 9.61. The third kappa shape index (κ3) is 3.02. The number of nitrogens with one attached hydrogen (secondary N) is 1. The van der Waals surface area contributed by atoms with Crippen molar-refractivity contribution in [2.75, 3.05) is 13.6 Å². The van der Waals surface area contributed by atoms with Crippen LogP contribution in [0.5, 0.6) is 0 Å². The molecule has 4 fully saturated rings. The molecule has 3 nitrogen and oxygen atoms in total. The van der Waals surface area contributed by atoms with E-state index in [0.29, 0.717) is 18.4 Å². The van der Waals surface area contributed by atoms with Crippen LogP contribution in [0.4, 0.5) is 0 Å². The highest BCUT2D eigenvalue weighted by molar-refractivity contribution is 5.77. The van der Waals surface area contributed by atoms with Crippen LogP contribution in [-0.4, -0.2) is 36.0 Å². The highest BCUT2D eigenvalue weighted by atomic mass is 16.2. The Labute approximate surface area is 147 Å². The van der Waals surface area contributed by atoms with Gasteiger partial charge in [-0.3, -0.25) is 4.79 Å². The number of hydrogen-bond acceptors (Lipinski definition) is 2. The van der Waals surface area contributed by atoms with E-state index in [1.807, 2.05) is 0 Å². The molecule has 4 atom stereocenters. The van der Waals surface area contributed by atoms with Crippen LogP contribution in [0.15, 0.2) is 0 Å². The summed E-state index contributed by atoms with van der Waals surface area (Å²) in [6, 6.07) is 0.666. The average molecular weight is 333 g/mol. The second-order valence-electron chi connectivity index (χ2n) is 9.22. The molecule has 0 aliphatic heterocycles. The van der Waals surface area contributed by atoms with Gasteiger partial charge in [-0.2, -0.15) is 0 Å². The summed E-state index contributed by atoms with van der Waals surface area (Å²) >= 11 is 0. The molecule has 1 amide bonds. The van der Waals surface area contributed by atoms with Crippen molar-refractivity contribution >= 4 is 5.91 Å². The minimum atomic E-state index is 0.220. The molecular formula is C21H36N2O. The predicted molar refractivity (Wildman–Crippen MR) is 97.8 cm³/mol. The third-order valence-electron chi connectivity index (χ3n) is 8.12. The molecule has 3 heteroatoms. The van der Waals surface area contributed by atoms with Gasteiger partial charge in [-0.15, -0.1) is 0 Å². The molecule has 4 rings (SSSR count). The van der Waals surface area contributed by atoms with Crippen molar-refractivity contribution < 1.29 is 4.79 Å². The van der Waals surface area contributed by atoms with Crippen LogP contribution in [-0.2, 0) is 4.79 Å². The maximum Gasteiger partial charge on any atom is 0.224 e. The molecule has 4 saturated carbocycles. The second kappa shape index (κ2) is 6.97.